The number of aryl methyl sites for hydroxylation is 1. The molecule has 3 rings (SSSR count). The molecule has 0 radical (unpaired) electrons. The normalized spacial score (nSPS) is 13.2. The summed E-state index contributed by atoms with van der Waals surface area (Å²) < 4.78 is 7.62. The van der Waals surface area contributed by atoms with E-state index in [1.165, 1.54) is 30.0 Å². The van der Waals surface area contributed by atoms with Crippen LogP contribution >= 0.6 is 0 Å². The summed E-state index contributed by atoms with van der Waals surface area (Å²) in [5, 5.41) is 2.74. The summed E-state index contributed by atoms with van der Waals surface area (Å²) in [5.41, 5.74) is 2.25. The maximum Gasteiger partial charge on any atom is 0.330 e. The van der Waals surface area contributed by atoms with Gasteiger partial charge in [0.05, 0.1) is 18.8 Å². The lowest BCUT2D eigenvalue weighted by Crippen LogP contribution is -2.37. The molecule has 2 aromatic rings. The molecule has 1 aromatic heterocycles. The standard InChI is InChI=1S/C17H17N3O4/c1-19-8-11(16(22)20(2)17(19)23)4-6-15(21)18-14-5-3-12-9-24-10-13(12)7-14/h3-8H,9-10H2,1-2H3,(H,18,21). The van der Waals surface area contributed by atoms with Crippen LogP contribution in [0.3, 0.4) is 0 Å². The molecular formula is C17H17N3O4. The van der Waals surface area contributed by atoms with E-state index >= 15 is 0 Å². The maximum atomic E-state index is 12.0. The van der Waals surface area contributed by atoms with Gasteiger partial charge >= 0.3 is 5.69 Å². The molecule has 1 N–H and O–H groups in total. The number of carbonyl (C=O) groups excluding carboxylic acids is 1. The lowest BCUT2D eigenvalue weighted by molar-refractivity contribution is -0.111. The molecule has 0 unspecified atom stereocenters. The summed E-state index contributed by atoms with van der Waals surface area (Å²) in [6.07, 6.45) is 4.07. The largest absolute Gasteiger partial charge is 0.372 e. The van der Waals surface area contributed by atoms with Crippen LogP contribution in [0.4, 0.5) is 5.69 Å². The van der Waals surface area contributed by atoms with Gasteiger partial charge in [0.2, 0.25) is 5.91 Å². The van der Waals surface area contributed by atoms with Crippen molar-refractivity contribution in [3.8, 4) is 0 Å². The van der Waals surface area contributed by atoms with E-state index in [0.29, 0.717) is 18.9 Å². The van der Waals surface area contributed by atoms with E-state index in [-0.39, 0.29) is 11.5 Å². The Kier molecular flexibility index (Phi) is 4.18. The summed E-state index contributed by atoms with van der Waals surface area (Å²) in [6.45, 7) is 1.14. The Bertz CT molecular complexity index is 953. The molecule has 7 heteroatoms. The van der Waals surface area contributed by atoms with Crippen molar-refractivity contribution >= 4 is 17.7 Å². The zero-order valence-electron chi connectivity index (χ0n) is 13.4. The molecule has 0 aliphatic carbocycles. The Morgan fingerprint density at radius 3 is 2.75 bits per heavy atom. The van der Waals surface area contributed by atoms with Crippen molar-refractivity contribution < 1.29 is 9.53 Å². The second-order valence-electron chi connectivity index (χ2n) is 5.64. The molecule has 124 valence electrons. The number of anilines is 1. The third kappa shape index (κ3) is 3.07. The van der Waals surface area contributed by atoms with Gasteiger partial charge in [-0.3, -0.25) is 14.2 Å². The molecule has 2 heterocycles. The highest BCUT2D eigenvalue weighted by atomic mass is 16.5. The van der Waals surface area contributed by atoms with Crippen LogP contribution in [0.5, 0.6) is 0 Å². The Labute approximate surface area is 137 Å². The number of carbonyl (C=O) groups is 1. The van der Waals surface area contributed by atoms with Crippen molar-refractivity contribution in [2.45, 2.75) is 13.2 Å². The second-order valence-corrected chi connectivity index (χ2v) is 5.64. The molecule has 7 nitrogen and oxygen atoms in total. The number of hydrogen-bond acceptors (Lipinski definition) is 4. The van der Waals surface area contributed by atoms with Crippen LogP contribution in [-0.2, 0) is 36.8 Å². The smallest absolute Gasteiger partial charge is 0.330 e. The van der Waals surface area contributed by atoms with Gasteiger partial charge in [-0.1, -0.05) is 6.07 Å². The van der Waals surface area contributed by atoms with Crippen LogP contribution < -0.4 is 16.6 Å². The van der Waals surface area contributed by atoms with Gasteiger partial charge in [-0.25, -0.2) is 4.79 Å². The summed E-state index contributed by atoms with van der Waals surface area (Å²) in [4.78, 5) is 35.6. The fraction of sp³-hybridized carbons (Fsp3) is 0.235. The first-order chi connectivity index (χ1) is 11.5. The highest BCUT2D eigenvalue weighted by Gasteiger charge is 2.11. The highest BCUT2D eigenvalue weighted by molar-refractivity contribution is 6.01. The fourth-order valence-corrected chi connectivity index (χ4v) is 2.55. The van der Waals surface area contributed by atoms with E-state index in [2.05, 4.69) is 5.32 Å². The first kappa shape index (κ1) is 15.9. The van der Waals surface area contributed by atoms with Gasteiger partial charge in [-0.2, -0.15) is 0 Å². The molecule has 0 bridgehead atoms. The quantitative estimate of drug-likeness (QED) is 0.844. The molecule has 24 heavy (non-hydrogen) atoms. The predicted molar refractivity (Wildman–Crippen MR) is 89.5 cm³/mol. The van der Waals surface area contributed by atoms with E-state index in [0.717, 1.165) is 15.7 Å². The number of fused-ring (bicyclic) bond motifs is 1. The maximum absolute atomic E-state index is 12.0. The highest BCUT2D eigenvalue weighted by Crippen LogP contribution is 2.23. The topological polar surface area (TPSA) is 82.3 Å². The second kappa shape index (κ2) is 6.29. The third-order valence-corrected chi connectivity index (χ3v) is 3.88. The number of nitrogens with one attached hydrogen (secondary N) is 1. The zero-order valence-corrected chi connectivity index (χ0v) is 13.4. The minimum Gasteiger partial charge on any atom is -0.372 e. The van der Waals surface area contributed by atoms with Gasteiger partial charge in [0.25, 0.3) is 5.56 Å². The Morgan fingerprint density at radius 1 is 1.21 bits per heavy atom. The molecule has 0 fully saturated rings. The van der Waals surface area contributed by atoms with Crippen LogP contribution in [0.25, 0.3) is 6.08 Å². The van der Waals surface area contributed by atoms with E-state index in [1.54, 1.807) is 7.05 Å². The zero-order chi connectivity index (χ0) is 17.3. The number of nitrogens with zero attached hydrogens (tertiary/aromatic N) is 2. The lowest BCUT2D eigenvalue weighted by atomic mass is 10.1. The van der Waals surface area contributed by atoms with E-state index in [4.69, 9.17) is 4.74 Å². The molecule has 1 aromatic carbocycles. The average molecular weight is 327 g/mol. The lowest BCUT2D eigenvalue weighted by Gasteiger charge is -2.05. The number of hydrogen-bond donors (Lipinski definition) is 1. The van der Waals surface area contributed by atoms with Crippen LogP contribution in [0, 0.1) is 0 Å². The molecular weight excluding hydrogens is 310 g/mol. The third-order valence-electron chi connectivity index (χ3n) is 3.88. The first-order valence-electron chi connectivity index (χ1n) is 7.41. The van der Waals surface area contributed by atoms with Crippen molar-refractivity contribution in [3.05, 3.63) is 68.0 Å². The average Bonchev–Trinajstić information content (AvgIpc) is 3.02. The number of benzene rings is 1. The van der Waals surface area contributed by atoms with E-state index in [1.807, 2.05) is 18.2 Å². The molecule has 0 saturated heterocycles. The molecule has 1 amide bonds. The van der Waals surface area contributed by atoms with Crippen molar-refractivity contribution in [1.29, 1.82) is 0 Å². The molecule has 0 atom stereocenters. The van der Waals surface area contributed by atoms with Crippen molar-refractivity contribution in [2.24, 2.45) is 14.1 Å². The molecule has 1 aliphatic rings. The van der Waals surface area contributed by atoms with Gasteiger partial charge in [-0.15, -0.1) is 0 Å². The van der Waals surface area contributed by atoms with Crippen LogP contribution in [0.15, 0.2) is 40.1 Å². The summed E-state index contributed by atoms with van der Waals surface area (Å²) >= 11 is 0. The molecule has 0 spiro atoms. The number of ether oxygens (including phenoxy) is 1. The summed E-state index contributed by atoms with van der Waals surface area (Å²) in [6, 6.07) is 5.61. The summed E-state index contributed by atoms with van der Waals surface area (Å²) in [7, 11) is 2.94. The van der Waals surface area contributed by atoms with Crippen LogP contribution in [0.1, 0.15) is 16.7 Å². The number of amides is 1. The van der Waals surface area contributed by atoms with Gasteiger partial charge in [0.1, 0.15) is 0 Å². The fourth-order valence-electron chi connectivity index (χ4n) is 2.55. The number of aromatic nitrogens is 2. The SMILES string of the molecule is Cn1cc(C=CC(=O)Nc2ccc3c(c2)COC3)c(=O)n(C)c1=O. The molecule has 0 saturated carbocycles. The Balaban J connectivity index is 1.77. The monoisotopic (exact) mass is 327 g/mol. The number of rotatable bonds is 3. The predicted octanol–water partition coefficient (Wildman–Crippen LogP) is 0.766. The van der Waals surface area contributed by atoms with Crippen molar-refractivity contribution in [3.63, 3.8) is 0 Å². The van der Waals surface area contributed by atoms with E-state index < -0.39 is 11.2 Å². The minimum absolute atomic E-state index is 0.261. The van der Waals surface area contributed by atoms with Gasteiger partial charge in [0.15, 0.2) is 0 Å². The van der Waals surface area contributed by atoms with Crippen LogP contribution in [-0.4, -0.2) is 15.0 Å². The van der Waals surface area contributed by atoms with Gasteiger partial charge in [0, 0.05) is 32.1 Å². The summed E-state index contributed by atoms with van der Waals surface area (Å²) in [5.74, 6) is -0.357. The van der Waals surface area contributed by atoms with Crippen molar-refractivity contribution in [1.82, 2.24) is 9.13 Å². The van der Waals surface area contributed by atoms with Gasteiger partial charge in [-0.05, 0) is 29.3 Å². The Hall–Kier alpha value is -2.93. The first-order valence-corrected chi connectivity index (χ1v) is 7.41. The van der Waals surface area contributed by atoms with Gasteiger partial charge < -0.3 is 14.6 Å². The molecule has 1 aliphatic heterocycles. The van der Waals surface area contributed by atoms with Crippen molar-refractivity contribution in [2.75, 3.05) is 5.32 Å². The Morgan fingerprint density at radius 2 is 1.96 bits per heavy atom. The van der Waals surface area contributed by atoms with Crippen LogP contribution in [0.2, 0.25) is 0 Å². The van der Waals surface area contributed by atoms with E-state index in [9.17, 15) is 14.4 Å². The minimum atomic E-state index is -0.447.